The summed E-state index contributed by atoms with van der Waals surface area (Å²) in [7, 11) is 1.52. The molecule has 0 spiro atoms. The number of nitrogens with one attached hydrogen (secondary N) is 1. The predicted octanol–water partition coefficient (Wildman–Crippen LogP) is 1.16. The number of carbonyl (C=O) groups excluding carboxylic acids is 1. The Morgan fingerprint density at radius 2 is 2.17 bits per heavy atom. The molecule has 1 aliphatic carbocycles. The highest BCUT2D eigenvalue weighted by molar-refractivity contribution is 5.82. The molecule has 3 fully saturated rings. The first-order valence-corrected chi connectivity index (χ1v) is 7.34. The number of ether oxygens (including phenoxy) is 1. The third-order valence-corrected chi connectivity index (χ3v) is 4.93. The molecule has 0 aromatic heterocycles. The van der Waals surface area contributed by atoms with Gasteiger partial charge in [0.25, 0.3) is 0 Å². The Bertz CT molecular complexity index is 330. The number of carbonyl (C=O) groups is 1. The average molecular weight is 252 g/mol. The van der Waals surface area contributed by atoms with Crippen LogP contribution >= 0.6 is 0 Å². The van der Waals surface area contributed by atoms with Gasteiger partial charge in [-0.15, -0.1) is 0 Å². The van der Waals surface area contributed by atoms with Crippen molar-refractivity contribution in [3.8, 4) is 0 Å². The maximum Gasteiger partial charge on any atom is 0.327 e. The number of hydrogen-bond donors (Lipinski definition) is 1. The van der Waals surface area contributed by atoms with E-state index in [0.29, 0.717) is 6.04 Å². The summed E-state index contributed by atoms with van der Waals surface area (Å²) < 4.78 is 5.11. The summed E-state index contributed by atoms with van der Waals surface area (Å²) in [6.07, 6.45) is 7.20. The van der Waals surface area contributed by atoms with Crippen molar-refractivity contribution in [3.05, 3.63) is 0 Å². The van der Waals surface area contributed by atoms with Crippen LogP contribution in [-0.4, -0.2) is 49.2 Å². The number of rotatable bonds is 4. The first-order valence-electron chi connectivity index (χ1n) is 7.34. The first-order chi connectivity index (χ1) is 8.76. The summed E-state index contributed by atoms with van der Waals surface area (Å²) in [5.41, 5.74) is -0.419. The van der Waals surface area contributed by atoms with Crippen LogP contribution in [0.5, 0.6) is 0 Å². The van der Waals surface area contributed by atoms with E-state index in [1.54, 1.807) is 0 Å². The molecule has 3 rings (SSSR count). The van der Waals surface area contributed by atoms with Gasteiger partial charge in [-0.2, -0.15) is 0 Å². The van der Waals surface area contributed by atoms with Crippen LogP contribution in [-0.2, 0) is 9.53 Å². The molecule has 4 heteroatoms. The van der Waals surface area contributed by atoms with Gasteiger partial charge in [-0.1, -0.05) is 6.42 Å². The quantitative estimate of drug-likeness (QED) is 0.762. The van der Waals surface area contributed by atoms with Crippen LogP contribution in [0.4, 0.5) is 0 Å². The van der Waals surface area contributed by atoms with E-state index in [4.69, 9.17) is 4.74 Å². The molecule has 18 heavy (non-hydrogen) atoms. The molecule has 2 aliphatic heterocycles. The monoisotopic (exact) mass is 252 g/mol. The van der Waals surface area contributed by atoms with Crippen molar-refractivity contribution in [3.63, 3.8) is 0 Å². The van der Waals surface area contributed by atoms with Crippen molar-refractivity contribution < 1.29 is 9.53 Å². The normalized spacial score (nSPS) is 36.4. The van der Waals surface area contributed by atoms with Gasteiger partial charge in [0.15, 0.2) is 0 Å². The molecule has 1 N–H and O–H groups in total. The SMILES string of the molecule is COC(=O)C1(NCC2CC2)CCN2CCCCC21. The second-order valence-electron chi connectivity index (χ2n) is 6.08. The molecule has 2 saturated heterocycles. The fraction of sp³-hybridized carbons (Fsp3) is 0.929. The van der Waals surface area contributed by atoms with E-state index in [-0.39, 0.29) is 5.97 Å². The number of esters is 1. The summed E-state index contributed by atoms with van der Waals surface area (Å²) >= 11 is 0. The van der Waals surface area contributed by atoms with Crippen LogP contribution in [0.15, 0.2) is 0 Å². The van der Waals surface area contributed by atoms with E-state index < -0.39 is 5.54 Å². The van der Waals surface area contributed by atoms with Crippen LogP contribution in [0, 0.1) is 5.92 Å². The van der Waals surface area contributed by atoms with E-state index in [1.807, 2.05) is 0 Å². The third-order valence-electron chi connectivity index (χ3n) is 4.93. The van der Waals surface area contributed by atoms with Crippen molar-refractivity contribution in [2.45, 2.75) is 50.1 Å². The number of fused-ring (bicyclic) bond motifs is 1. The van der Waals surface area contributed by atoms with Crippen LogP contribution in [0.3, 0.4) is 0 Å². The Balaban J connectivity index is 1.77. The smallest absolute Gasteiger partial charge is 0.327 e. The Labute approximate surface area is 109 Å². The summed E-state index contributed by atoms with van der Waals surface area (Å²) in [5, 5.41) is 3.59. The molecule has 3 aliphatic rings. The second kappa shape index (κ2) is 4.82. The van der Waals surface area contributed by atoms with Gasteiger partial charge in [-0.25, -0.2) is 4.79 Å². The first kappa shape index (κ1) is 12.4. The van der Waals surface area contributed by atoms with Gasteiger partial charge >= 0.3 is 5.97 Å². The lowest BCUT2D eigenvalue weighted by molar-refractivity contribution is -0.150. The minimum absolute atomic E-state index is 0.0439. The molecule has 1 saturated carbocycles. The summed E-state index contributed by atoms with van der Waals surface area (Å²) in [6, 6.07) is 0.359. The number of methoxy groups -OCH3 is 1. The van der Waals surface area contributed by atoms with Gasteiger partial charge in [-0.3, -0.25) is 4.90 Å². The van der Waals surface area contributed by atoms with Gasteiger partial charge in [0.05, 0.1) is 7.11 Å². The average Bonchev–Trinajstić information content (AvgIpc) is 3.17. The van der Waals surface area contributed by atoms with Crippen LogP contribution < -0.4 is 5.32 Å². The Hall–Kier alpha value is -0.610. The van der Waals surface area contributed by atoms with E-state index in [1.165, 1.54) is 32.8 Å². The number of nitrogens with zero attached hydrogens (tertiary/aromatic N) is 1. The molecular weight excluding hydrogens is 228 g/mol. The van der Waals surface area contributed by atoms with Gasteiger partial charge in [0.1, 0.15) is 5.54 Å². The van der Waals surface area contributed by atoms with Crippen molar-refractivity contribution in [2.24, 2.45) is 5.92 Å². The van der Waals surface area contributed by atoms with Crippen molar-refractivity contribution in [1.29, 1.82) is 0 Å². The van der Waals surface area contributed by atoms with Crippen LogP contribution in [0.1, 0.15) is 38.5 Å². The van der Waals surface area contributed by atoms with Gasteiger partial charge < -0.3 is 10.1 Å². The largest absolute Gasteiger partial charge is 0.468 e. The minimum atomic E-state index is -0.419. The zero-order valence-electron chi connectivity index (χ0n) is 11.3. The number of hydrogen-bond acceptors (Lipinski definition) is 4. The second-order valence-corrected chi connectivity index (χ2v) is 6.08. The van der Waals surface area contributed by atoms with Crippen molar-refractivity contribution >= 4 is 5.97 Å². The predicted molar refractivity (Wildman–Crippen MR) is 69.3 cm³/mol. The molecule has 0 amide bonds. The number of piperidine rings is 1. The summed E-state index contributed by atoms with van der Waals surface area (Å²) in [5.74, 6) is 0.752. The molecular formula is C14H24N2O2. The van der Waals surface area contributed by atoms with Crippen molar-refractivity contribution in [1.82, 2.24) is 10.2 Å². The van der Waals surface area contributed by atoms with Crippen molar-refractivity contribution in [2.75, 3.05) is 26.7 Å². The van der Waals surface area contributed by atoms with E-state index in [9.17, 15) is 4.79 Å². The highest BCUT2D eigenvalue weighted by Crippen LogP contribution is 2.37. The molecule has 4 nitrogen and oxygen atoms in total. The fourth-order valence-electron chi connectivity index (χ4n) is 3.65. The van der Waals surface area contributed by atoms with Crippen LogP contribution in [0.25, 0.3) is 0 Å². The summed E-state index contributed by atoms with van der Waals surface area (Å²) in [4.78, 5) is 14.8. The minimum Gasteiger partial charge on any atom is -0.468 e. The Morgan fingerprint density at radius 1 is 1.33 bits per heavy atom. The molecule has 102 valence electrons. The molecule has 0 aromatic carbocycles. The van der Waals surface area contributed by atoms with Gasteiger partial charge in [-0.05, 0) is 51.1 Å². The maximum absolute atomic E-state index is 12.3. The van der Waals surface area contributed by atoms with Gasteiger partial charge in [0.2, 0.25) is 0 Å². The molecule has 2 atom stereocenters. The fourth-order valence-corrected chi connectivity index (χ4v) is 3.65. The topological polar surface area (TPSA) is 41.6 Å². The molecule has 0 bridgehead atoms. The molecule has 0 aromatic rings. The zero-order chi connectivity index (χ0) is 12.6. The molecule has 0 radical (unpaired) electrons. The highest BCUT2D eigenvalue weighted by Gasteiger charge is 2.54. The lowest BCUT2D eigenvalue weighted by atomic mass is 9.85. The maximum atomic E-state index is 12.3. The van der Waals surface area contributed by atoms with E-state index >= 15 is 0 Å². The lowest BCUT2D eigenvalue weighted by Crippen LogP contribution is -2.61. The van der Waals surface area contributed by atoms with Gasteiger partial charge in [0, 0.05) is 12.6 Å². The zero-order valence-corrected chi connectivity index (χ0v) is 11.3. The standard InChI is InChI=1S/C14H24N2O2/c1-18-13(17)14(15-10-11-5-6-11)7-9-16-8-3-2-4-12(14)16/h11-12,15H,2-10H2,1H3. The highest BCUT2D eigenvalue weighted by atomic mass is 16.5. The summed E-state index contributed by atoms with van der Waals surface area (Å²) in [6.45, 7) is 3.17. The molecule has 2 unspecified atom stereocenters. The van der Waals surface area contributed by atoms with E-state index in [0.717, 1.165) is 38.4 Å². The van der Waals surface area contributed by atoms with Crippen LogP contribution in [0.2, 0.25) is 0 Å². The third kappa shape index (κ3) is 2.05. The Morgan fingerprint density at radius 3 is 2.89 bits per heavy atom. The lowest BCUT2D eigenvalue weighted by Gasteiger charge is -2.39. The molecule has 2 heterocycles. The van der Waals surface area contributed by atoms with E-state index in [2.05, 4.69) is 10.2 Å². The Kier molecular flexibility index (Phi) is 3.32.